The van der Waals surface area contributed by atoms with Crippen molar-refractivity contribution in [3.8, 4) is 0 Å². The van der Waals surface area contributed by atoms with Crippen molar-refractivity contribution >= 4 is 10.0 Å². The molecule has 0 bridgehead atoms. The molecule has 118 valence electrons. The van der Waals surface area contributed by atoms with E-state index in [0.717, 1.165) is 12.8 Å². The third kappa shape index (κ3) is 3.09. The van der Waals surface area contributed by atoms with E-state index in [9.17, 15) is 21.6 Å². The normalized spacial score (nSPS) is 21.5. The van der Waals surface area contributed by atoms with Crippen LogP contribution < -0.4 is 10.0 Å². The Morgan fingerprint density at radius 2 is 1.95 bits per heavy atom. The summed E-state index contributed by atoms with van der Waals surface area (Å²) < 4.78 is 69.2. The topological polar surface area (TPSA) is 71.3 Å². The maximum absolute atomic E-state index is 12.8. The standard InChI is InChI=1S/C12H15F3N2O3S/c13-12(14,15)11(5-6-11)17-21(18,19)10-4-3-9(20-10)7-16-8-1-2-8/h3-4,8,16-17H,1-2,5-7H2. The predicted octanol–water partition coefficient (Wildman–Crippen LogP) is 1.90. The summed E-state index contributed by atoms with van der Waals surface area (Å²) in [5.74, 6) is 0.388. The number of alkyl halides is 3. The van der Waals surface area contributed by atoms with Gasteiger partial charge in [-0.2, -0.15) is 17.9 Å². The molecule has 3 rings (SSSR count). The van der Waals surface area contributed by atoms with Gasteiger partial charge in [-0.25, -0.2) is 8.42 Å². The molecule has 0 spiro atoms. The lowest BCUT2D eigenvalue weighted by Crippen LogP contribution is -2.47. The van der Waals surface area contributed by atoms with Crippen LogP contribution >= 0.6 is 0 Å². The van der Waals surface area contributed by atoms with E-state index in [2.05, 4.69) is 5.32 Å². The van der Waals surface area contributed by atoms with Gasteiger partial charge in [0, 0.05) is 6.04 Å². The minimum absolute atomic E-state index is 0.244. The highest BCUT2D eigenvalue weighted by atomic mass is 32.2. The van der Waals surface area contributed by atoms with Crippen molar-refractivity contribution in [1.82, 2.24) is 10.0 Å². The summed E-state index contributed by atoms with van der Waals surface area (Å²) >= 11 is 0. The molecule has 2 aliphatic carbocycles. The lowest BCUT2D eigenvalue weighted by Gasteiger charge is -2.19. The first-order valence-electron chi connectivity index (χ1n) is 6.65. The van der Waals surface area contributed by atoms with Crippen LogP contribution in [0.4, 0.5) is 13.2 Å². The van der Waals surface area contributed by atoms with Crippen molar-refractivity contribution < 1.29 is 26.0 Å². The van der Waals surface area contributed by atoms with Crippen LogP contribution in [0, 0.1) is 0 Å². The molecular formula is C12H15F3N2O3S. The molecule has 1 heterocycles. The first kappa shape index (κ1) is 14.9. The van der Waals surface area contributed by atoms with Crippen LogP contribution in [-0.2, 0) is 16.6 Å². The first-order valence-corrected chi connectivity index (χ1v) is 8.13. The van der Waals surface area contributed by atoms with E-state index < -0.39 is 26.8 Å². The van der Waals surface area contributed by atoms with Gasteiger partial charge in [-0.1, -0.05) is 0 Å². The summed E-state index contributed by atoms with van der Waals surface area (Å²) in [7, 11) is -4.31. The van der Waals surface area contributed by atoms with E-state index >= 15 is 0 Å². The van der Waals surface area contributed by atoms with Crippen molar-refractivity contribution in [3.05, 3.63) is 17.9 Å². The zero-order valence-electron chi connectivity index (χ0n) is 11.0. The molecule has 5 nitrogen and oxygen atoms in total. The zero-order valence-corrected chi connectivity index (χ0v) is 11.9. The van der Waals surface area contributed by atoms with Crippen LogP contribution in [0.5, 0.6) is 0 Å². The van der Waals surface area contributed by atoms with Gasteiger partial charge in [-0.15, -0.1) is 0 Å². The van der Waals surface area contributed by atoms with Crippen LogP contribution in [0.15, 0.2) is 21.6 Å². The maximum Gasteiger partial charge on any atom is 0.407 e. The molecule has 0 radical (unpaired) electrons. The van der Waals surface area contributed by atoms with Gasteiger partial charge in [0.1, 0.15) is 11.3 Å². The number of nitrogens with one attached hydrogen (secondary N) is 2. The van der Waals surface area contributed by atoms with Crippen molar-refractivity contribution in [2.75, 3.05) is 0 Å². The van der Waals surface area contributed by atoms with E-state index in [-0.39, 0.29) is 12.8 Å². The summed E-state index contributed by atoms with van der Waals surface area (Å²) in [6, 6.07) is 3.06. The third-order valence-corrected chi connectivity index (χ3v) is 5.08. The second kappa shape index (κ2) is 4.72. The monoisotopic (exact) mass is 324 g/mol. The highest BCUT2D eigenvalue weighted by Gasteiger charge is 2.65. The quantitative estimate of drug-likeness (QED) is 0.838. The van der Waals surface area contributed by atoms with Gasteiger partial charge in [-0.05, 0) is 37.8 Å². The zero-order chi connectivity index (χ0) is 15.3. The van der Waals surface area contributed by atoms with E-state index in [1.54, 1.807) is 4.72 Å². The number of halogens is 3. The highest BCUT2D eigenvalue weighted by molar-refractivity contribution is 7.89. The number of furan rings is 1. The molecule has 1 aromatic heterocycles. The van der Waals surface area contributed by atoms with Gasteiger partial charge in [0.2, 0.25) is 5.09 Å². The summed E-state index contributed by atoms with van der Waals surface area (Å²) in [4.78, 5) is 0. The number of sulfonamides is 1. The first-order chi connectivity index (χ1) is 9.72. The average molecular weight is 324 g/mol. The van der Waals surface area contributed by atoms with E-state index in [1.165, 1.54) is 12.1 Å². The summed E-state index contributed by atoms with van der Waals surface area (Å²) in [6.45, 7) is 0.366. The second-order valence-corrected chi connectivity index (χ2v) is 7.17. The van der Waals surface area contributed by atoms with Crippen LogP contribution in [0.25, 0.3) is 0 Å². The fourth-order valence-corrected chi connectivity index (χ4v) is 3.40. The maximum atomic E-state index is 12.8. The SMILES string of the molecule is O=S(=O)(NC1(C(F)(F)F)CC1)c1ccc(CNC2CC2)o1. The molecule has 0 aromatic carbocycles. The Bertz CT molecular complexity index is 630. The van der Waals surface area contributed by atoms with E-state index in [1.807, 2.05) is 0 Å². The fourth-order valence-electron chi connectivity index (χ4n) is 2.01. The van der Waals surface area contributed by atoms with Gasteiger partial charge in [0.25, 0.3) is 10.0 Å². The van der Waals surface area contributed by atoms with Gasteiger partial charge >= 0.3 is 6.18 Å². The lowest BCUT2D eigenvalue weighted by atomic mass is 10.3. The van der Waals surface area contributed by atoms with Crippen molar-refractivity contribution in [3.63, 3.8) is 0 Å². The minimum atomic E-state index is -4.59. The smallest absolute Gasteiger partial charge is 0.407 e. The molecule has 1 aromatic rings. The number of rotatable bonds is 6. The molecule has 9 heteroatoms. The van der Waals surface area contributed by atoms with Gasteiger partial charge in [0.05, 0.1) is 6.54 Å². The molecule has 0 amide bonds. The lowest BCUT2D eigenvalue weighted by molar-refractivity contribution is -0.160. The Labute approximate surface area is 119 Å². The molecule has 2 fully saturated rings. The van der Waals surface area contributed by atoms with Crippen molar-refractivity contribution in [1.29, 1.82) is 0 Å². The number of hydrogen-bond donors (Lipinski definition) is 2. The molecule has 0 atom stereocenters. The molecule has 0 unspecified atom stereocenters. The van der Waals surface area contributed by atoms with Crippen LogP contribution in [0.1, 0.15) is 31.4 Å². The second-order valence-electron chi connectivity index (χ2n) is 5.56. The number of hydrogen-bond acceptors (Lipinski definition) is 4. The summed E-state index contributed by atoms with van der Waals surface area (Å²) in [5.41, 5.74) is -2.33. The van der Waals surface area contributed by atoms with Crippen LogP contribution in [-0.4, -0.2) is 26.2 Å². The Morgan fingerprint density at radius 3 is 2.48 bits per heavy atom. The fraction of sp³-hybridized carbons (Fsp3) is 0.667. The van der Waals surface area contributed by atoms with Crippen LogP contribution in [0.2, 0.25) is 0 Å². The molecule has 0 saturated heterocycles. The molecule has 2 aliphatic rings. The average Bonchev–Trinajstić information content (AvgIpc) is 3.27. The Balaban J connectivity index is 1.70. The highest BCUT2D eigenvalue weighted by Crippen LogP contribution is 2.49. The van der Waals surface area contributed by atoms with E-state index in [0.29, 0.717) is 18.3 Å². The van der Waals surface area contributed by atoms with Gasteiger partial charge < -0.3 is 9.73 Å². The molecular weight excluding hydrogens is 309 g/mol. The van der Waals surface area contributed by atoms with Gasteiger partial charge in [-0.3, -0.25) is 0 Å². The Morgan fingerprint density at radius 1 is 1.29 bits per heavy atom. The predicted molar refractivity (Wildman–Crippen MR) is 66.9 cm³/mol. The third-order valence-electron chi connectivity index (χ3n) is 3.67. The molecule has 0 aliphatic heterocycles. The summed E-state index contributed by atoms with van der Waals surface area (Å²) in [5, 5.41) is 2.65. The van der Waals surface area contributed by atoms with Crippen molar-refractivity contribution in [2.45, 2.75) is 55.1 Å². The molecule has 21 heavy (non-hydrogen) atoms. The van der Waals surface area contributed by atoms with E-state index in [4.69, 9.17) is 4.42 Å². The van der Waals surface area contributed by atoms with Crippen LogP contribution in [0.3, 0.4) is 0 Å². The minimum Gasteiger partial charge on any atom is -0.447 e. The molecule has 2 saturated carbocycles. The molecule has 2 N–H and O–H groups in total. The van der Waals surface area contributed by atoms with Crippen molar-refractivity contribution in [2.24, 2.45) is 0 Å². The largest absolute Gasteiger partial charge is 0.447 e. The Hall–Kier alpha value is -1.06. The summed E-state index contributed by atoms with van der Waals surface area (Å²) in [6.07, 6.45) is -2.94. The Kier molecular flexibility index (Phi) is 3.34. The van der Waals surface area contributed by atoms with Gasteiger partial charge in [0.15, 0.2) is 0 Å².